The zero-order valence-corrected chi connectivity index (χ0v) is 17.4. The van der Waals surface area contributed by atoms with Gasteiger partial charge in [-0.15, -0.1) is 0 Å². The smallest absolute Gasteiger partial charge is 0.243 e. The highest BCUT2D eigenvalue weighted by Crippen LogP contribution is 2.39. The largest absolute Gasteiger partial charge is 0.350 e. The van der Waals surface area contributed by atoms with Crippen molar-refractivity contribution in [1.82, 2.24) is 15.6 Å². The van der Waals surface area contributed by atoms with E-state index < -0.39 is 6.04 Å². The van der Waals surface area contributed by atoms with Gasteiger partial charge in [0.1, 0.15) is 6.04 Å². The van der Waals surface area contributed by atoms with Gasteiger partial charge in [0.15, 0.2) is 0 Å². The van der Waals surface area contributed by atoms with Crippen molar-refractivity contribution in [1.29, 1.82) is 0 Å². The summed E-state index contributed by atoms with van der Waals surface area (Å²) >= 11 is 0. The van der Waals surface area contributed by atoms with E-state index in [2.05, 4.69) is 36.4 Å². The number of hydrogen-bond acceptors (Lipinski definition) is 3. The molecule has 1 aromatic rings. The van der Waals surface area contributed by atoms with Gasteiger partial charge in [-0.1, -0.05) is 40.7 Å². The number of nitrogens with zero attached hydrogens (tertiary/aromatic N) is 1. The molecule has 150 valence electrons. The minimum Gasteiger partial charge on any atom is -0.350 e. The van der Waals surface area contributed by atoms with Gasteiger partial charge in [-0.3, -0.25) is 14.6 Å². The summed E-state index contributed by atoms with van der Waals surface area (Å²) in [4.78, 5) is 29.4. The zero-order valence-electron chi connectivity index (χ0n) is 17.4. The molecular weight excluding hydrogens is 338 g/mol. The van der Waals surface area contributed by atoms with Crippen molar-refractivity contribution in [3.05, 3.63) is 30.1 Å². The molecule has 2 amide bonds. The molecule has 0 saturated heterocycles. The lowest BCUT2D eigenvalue weighted by atomic mass is 9.69. The van der Waals surface area contributed by atoms with Gasteiger partial charge in [0.25, 0.3) is 0 Å². The Kier molecular flexibility index (Phi) is 7.40. The first-order valence-corrected chi connectivity index (χ1v) is 10.2. The molecule has 0 aromatic carbocycles. The van der Waals surface area contributed by atoms with Crippen molar-refractivity contribution in [2.24, 2.45) is 23.2 Å². The third-order valence-electron chi connectivity index (χ3n) is 5.76. The van der Waals surface area contributed by atoms with Crippen molar-refractivity contribution >= 4 is 11.8 Å². The van der Waals surface area contributed by atoms with Crippen LogP contribution in [0.15, 0.2) is 24.5 Å². The Morgan fingerprint density at radius 2 is 1.85 bits per heavy atom. The summed E-state index contributed by atoms with van der Waals surface area (Å²) in [5, 5.41) is 5.93. The third kappa shape index (κ3) is 6.33. The fourth-order valence-electron chi connectivity index (χ4n) is 3.83. The van der Waals surface area contributed by atoms with Crippen molar-refractivity contribution < 1.29 is 9.59 Å². The van der Waals surface area contributed by atoms with E-state index in [9.17, 15) is 9.59 Å². The normalized spacial score (nSPS) is 21.6. The lowest BCUT2D eigenvalue weighted by Gasteiger charge is -2.37. The Balaban J connectivity index is 1.87. The fraction of sp³-hybridized carbons (Fsp3) is 0.682. The van der Waals surface area contributed by atoms with E-state index >= 15 is 0 Å². The molecule has 2 rings (SSSR count). The number of hydrogen-bond donors (Lipinski definition) is 2. The lowest BCUT2D eigenvalue weighted by molar-refractivity contribution is -0.133. The van der Waals surface area contributed by atoms with Gasteiger partial charge in [-0.2, -0.15) is 0 Å². The Morgan fingerprint density at radius 1 is 1.19 bits per heavy atom. The molecule has 27 heavy (non-hydrogen) atoms. The molecule has 1 fully saturated rings. The van der Waals surface area contributed by atoms with E-state index in [1.165, 1.54) is 0 Å². The van der Waals surface area contributed by atoms with Gasteiger partial charge in [0, 0.05) is 24.9 Å². The number of rotatable bonds is 6. The van der Waals surface area contributed by atoms with Gasteiger partial charge >= 0.3 is 0 Å². The number of carbonyl (C=O) groups is 2. The molecule has 5 nitrogen and oxygen atoms in total. The van der Waals surface area contributed by atoms with Gasteiger partial charge in [0.2, 0.25) is 11.8 Å². The fourth-order valence-corrected chi connectivity index (χ4v) is 3.83. The number of amides is 2. The van der Waals surface area contributed by atoms with Gasteiger partial charge in [0.05, 0.1) is 0 Å². The van der Waals surface area contributed by atoms with Crippen molar-refractivity contribution in [2.45, 2.75) is 72.9 Å². The van der Waals surface area contributed by atoms with Crippen LogP contribution in [-0.4, -0.2) is 22.8 Å². The monoisotopic (exact) mass is 373 g/mol. The van der Waals surface area contributed by atoms with Crippen LogP contribution in [0.4, 0.5) is 0 Å². The van der Waals surface area contributed by atoms with Crippen LogP contribution in [0.1, 0.15) is 65.9 Å². The lowest BCUT2D eigenvalue weighted by Crippen LogP contribution is -2.51. The molecule has 2 N–H and O–H groups in total. The van der Waals surface area contributed by atoms with Crippen LogP contribution in [0.2, 0.25) is 0 Å². The molecule has 5 heteroatoms. The Hall–Kier alpha value is -1.91. The molecule has 0 bridgehead atoms. The molecular formula is C22H35N3O2. The standard InChI is InChI=1S/C22H35N3O2/c1-15(2)19(21(27)24-14-16-7-6-12-23-13-16)25-20(26)17-8-10-18(11-9-17)22(3,4)5/h6-7,12-13,15,17-19H,8-11,14H2,1-5H3,(H,24,27)(H,25,26)/t17?,18?,19-/m0/s1. The van der Waals surface area contributed by atoms with Crippen LogP contribution in [0.3, 0.4) is 0 Å². The SMILES string of the molecule is CC(C)[C@H](NC(=O)C1CCC(C(C)(C)C)CC1)C(=O)NCc1cccnc1. The van der Waals surface area contributed by atoms with Crippen molar-refractivity contribution in [3.8, 4) is 0 Å². The first-order chi connectivity index (χ1) is 12.7. The summed E-state index contributed by atoms with van der Waals surface area (Å²) in [6.07, 6.45) is 7.43. The average molecular weight is 374 g/mol. The van der Waals surface area contributed by atoms with Crippen LogP contribution in [0.25, 0.3) is 0 Å². The van der Waals surface area contributed by atoms with Gasteiger partial charge in [-0.25, -0.2) is 0 Å². The van der Waals surface area contributed by atoms with Gasteiger partial charge < -0.3 is 10.6 Å². The van der Waals surface area contributed by atoms with Crippen LogP contribution in [0.5, 0.6) is 0 Å². The number of aromatic nitrogens is 1. The predicted molar refractivity (Wildman–Crippen MR) is 108 cm³/mol. The Morgan fingerprint density at radius 3 is 2.37 bits per heavy atom. The molecule has 1 heterocycles. The van der Waals surface area contributed by atoms with E-state index in [0.717, 1.165) is 31.2 Å². The van der Waals surface area contributed by atoms with E-state index in [1.54, 1.807) is 12.4 Å². The first kappa shape index (κ1) is 21.4. The second-order valence-corrected chi connectivity index (χ2v) is 9.22. The third-order valence-corrected chi connectivity index (χ3v) is 5.76. The van der Waals surface area contributed by atoms with Crippen LogP contribution in [0, 0.1) is 23.2 Å². The van der Waals surface area contributed by atoms with E-state index in [4.69, 9.17) is 0 Å². The molecule has 1 aliphatic rings. The Bertz CT molecular complexity index is 614. The highest BCUT2D eigenvalue weighted by atomic mass is 16.2. The average Bonchev–Trinajstić information content (AvgIpc) is 2.64. The summed E-state index contributed by atoms with van der Waals surface area (Å²) < 4.78 is 0. The number of carbonyl (C=O) groups excluding carboxylic acids is 2. The molecule has 1 atom stereocenters. The highest BCUT2D eigenvalue weighted by Gasteiger charge is 2.34. The molecule has 0 unspecified atom stereocenters. The summed E-state index contributed by atoms with van der Waals surface area (Å²) in [5.41, 5.74) is 1.24. The molecule has 0 spiro atoms. The van der Waals surface area contributed by atoms with Crippen molar-refractivity contribution in [2.75, 3.05) is 0 Å². The molecule has 0 aliphatic heterocycles. The summed E-state index contributed by atoms with van der Waals surface area (Å²) in [5.74, 6) is 0.623. The minimum absolute atomic E-state index is 0.0240. The predicted octanol–water partition coefficient (Wildman–Crippen LogP) is 3.69. The maximum atomic E-state index is 12.7. The maximum Gasteiger partial charge on any atom is 0.243 e. The first-order valence-electron chi connectivity index (χ1n) is 10.2. The maximum absolute atomic E-state index is 12.7. The second kappa shape index (κ2) is 9.34. The number of nitrogens with one attached hydrogen (secondary N) is 2. The highest BCUT2D eigenvalue weighted by molar-refractivity contribution is 5.88. The summed E-state index contributed by atoms with van der Waals surface area (Å²) in [7, 11) is 0. The summed E-state index contributed by atoms with van der Waals surface area (Å²) in [6, 6.07) is 3.26. The van der Waals surface area contributed by atoms with Crippen LogP contribution < -0.4 is 10.6 Å². The Labute approximate surface area is 163 Å². The summed E-state index contributed by atoms with van der Waals surface area (Å²) in [6.45, 7) is 11.2. The minimum atomic E-state index is -0.505. The molecule has 1 saturated carbocycles. The van der Waals surface area contributed by atoms with E-state index in [-0.39, 0.29) is 23.7 Å². The van der Waals surface area contributed by atoms with Crippen molar-refractivity contribution in [3.63, 3.8) is 0 Å². The van der Waals surface area contributed by atoms with Crippen LogP contribution in [-0.2, 0) is 16.1 Å². The topological polar surface area (TPSA) is 71.1 Å². The molecule has 0 radical (unpaired) electrons. The molecule has 1 aliphatic carbocycles. The molecule has 1 aromatic heterocycles. The van der Waals surface area contributed by atoms with Crippen LogP contribution >= 0.6 is 0 Å². The quantitative estimate of drug-likeness (QED) is 0.799. The number of pyridine rings is 1. The zero-order chi connectivity index (χ0) is 20.0. The second-order valence-electron chi connectivity index (χ2n) is 9.22. The van der Waals surface area contributed by atoms with Gasteiger partial charge in [-0.05, 0) is 54.6 Å². The van der Waals surface area contributed by atoms with E-state index in [0.29, 0.717) is 17.9 Å². The van der Waals surface area contributed by atoms with E-state index in [1.807, 2.05) is 26.0 Å².